The number of likely N-dealkylation sites (tertiary alicyclic amines) is 2. The highest BCUT2D eigenvalue weighted by Crippen LogP contribution is 2.50. The number of amides is 5. The highest BCUT2D eigenvalue weighted by Gasteiger charge is 2.50. The Labute approximate surface area is 368 Å². The van der Waals surface area contributed by atoms with E-state index < -0.39 is 12.1 Å². The van der Waals surface area contributed by atoms with Crippen LogP contribution < -0.4 is 10.6 Å². The number of ether oxygens (including phenoxy) is 2. The van der Waals surface area contributed by atoms with Gasteiger partial charge < -0.3 is 44.8 Å². The van der Waals surface area contributed by atoms with E-state index in [-0.39, 0.29) is 42.5 Å². The van der Waals surface area contributed by atoms with Crippen molar-refractivity contribution in [3.05, 3.63) is 108 Å². The summed E-state index contributed by atoms with van der Waals surface area (Å²) >= 11 is 0. The number of hydrogen-bond acceptors (Lipinski definition) is 8. The third kappa shape index (κ3) is 7.03. The van der Waals surface area contributed by atoms with Gasteiger partial charge in [0.15, 0.2) is 0 Å². The number of methoxy groups -OCH3 is 1. The first kappa shape index (κ1) is 39.8. The lowest BCUT2D eigenvalue weighted by molar-refractivity contribution is -0.135. The number of aromatic nitrogens is 4. The lowest BCUT2D eigenvalue weighted by atomic mass is 9.97. The minimum Gasteiger partial charge on any atom is -0.453 e. The average Bonchev–Trinajstić information content (AvgIpc) is 4.20. The standard InChI is InChI=1S/C49H49N9O6/c1-63-49(62)50-27-40(59)58-34-14-9-33(26-34)44(58)46-52-38-18-13-32-25-30(11-16-36(32)43(38)54-46)29-10-15-35-31(24-29)12-17-37-42(35)53-45(51-37)39-8-5-19-57(39)47(60)41(28-6-3-2-4-7-28)55-48(61)56-20-22-64-23-21-56/h2-4,6-7,10-13,15-18,24-25,33-34,39,41,44H,5,8-9,14,19-23,26-27H2,1H3,(H,50,62)(H,51,53)(H,52,54)(H,55,61)/t33-,34+,39-,41+,44-/m0/s1. The Balaban J connectivity index is 0.848. The molecule has 11 rings (SSSR count). The summed E-state index contributed by atoms with van der Waals surface area (Å²) in [7, 11) is 1.29. The summed E-state index contributed by atoms with van der Waals surface area (Å²) in [4.78, 5) is 75.7. The van der Waals surface area contributed by atoms with E-state index in [0.29, 0.717) is 38.8 Å². The van der Waals surface area contributed by atoms with Gasteiger partial charge in [0.2, 0.25) is 11.8 Å². The third-order valence-electron chi connectivity index (χ3n) is 13.8. The van der Waals surface area contributed by atoms with E-state index >= 15 is 0 Å². The Hall–Kier alpha value is -7.00. The van der Waals surface area contributed by atoms with Crippen LogP contribution in [0, 0.1) is 5.92 Å². The fraction of sp³-hybridized carbons (Fsp3) is 0.347. The first-order valence-corrected chi connectivity index (χ1v) is 22.3. The summed E-state index contributed by atoms with van der Waals surface area (Å²) in [6.45, 7) is 2.37. The summed E-state index contributed by atoms with van der Waals surface area (Å²) in [5.41, 5.74) is 6.44. The topological polar surface area (TPSA) is 178 Å². The van der Waals surface area contributed by atoms with Crippen LogP contribution in [0.4, 0.5) is 9.59 Å². The molecule has 5 heterocycles. The van der Waals surface area contributed by atoms with Crippen LogP contribution in [-0.4, -0.2) is 111 Å². The van der Waals surface area contributed by atoms with Gasteiger partial charge in [-0.15, -0.1) is 0 Å². The van der Waals surface area contributed by atoms with Crippen LogP contribution in [0.25, 0.3) is 54.7 Å². The molecular weight excluding hydrogens is 811 g/mol. The van der Waals surface area contributed by atoms with Crippen molar-refractivity contribution >= 4 is 67.6 Å². The molecule has 326 valence electrons. The predicted molar refractivity (Wildman–Crippen MR) is 241 cm³/mol. The molecule has 3 saturated heterocycles. The molecule has 64 heavy (non-hydrogen) atoms. The molecule has 2 bridgehead atoms. The van der Waals surface area contributed by atoms with Gasteiger partial charge in [0.1, 0.15) is 24.2 Å². The fourth-order valence-electron chi connectivity index (χ4n) is 10.7. The summed E-state index contributed by atoms with van der Waals surface area (Å²) in [6, 6.07) is 29.3. The number of fused-ring (bicyclic) bond motifs is 8. The van der Waals surface area contributed by atoms with E-state index in [2.05, 4.69) is 73.9 Å². The van der Waals surface area contributed by atoms with Crippen LogP contribution in [0.15, 0.2) is 91.0 Å². The molecule has 1 aliphatic carbocycles. The number of aromatic amines is 2. The van der Waals surface area contributed by atoms with Crippen molar-refractivity contribution in [3.63, 3.8) is 0 Å². The van der Waals surface area contributed by atoms with Crippen LogP contribution in [0.2, 0.25) is 0 Å². The molecule has 15 heteroatoms. The first-order valence-electron chi connectivity index (χ1n) is 22.3. The number of piperidine rings is 1. The normalized spacial score (nSPS) is 21.3. The second-order valence-corrected chi connectivity index (χ2v) is 17.4. The summed E-state index contributed by atoms with van der Waals surface area (Å²) in [6.07, 6.45) is 3.89. The van der Waals surface area contributed by atoms with Crippen molar-refractivity contribution in [1.82, 2.24) is 45.3 Å². The largest absolute Gasteiger partial charge is 0.453 e. The van der Waals surface area contributed by atoms with E-state index in [1.165, 1.54) is 7.11 Å². The fourth-order valence-corrected chi connectivity index (χ4v) is 10.7. The highest BCUT2D eigenvalue weighted by atomic mass is 16.5. The predicted octanol–water partition coefficient (Wildman–Crippen LogP) is 7.27. The number of hydrogen-bond donors (Lipinski definition) is 4. The number of carbonyl (C=O) groups excluding carboxylic acids is 4. The molecule has 3 aliphatic heterocycles. The molecule has 4 aliphatic rings. The molecule has 5 aromatic carbocycles. The molecule has 2 aromatic heterocycles. The smallest absolute Gasteiger partial charge is 0.407 e. The van der Waals surface area contributed by atoms with Crippen LogP contribution in [-0.2, 0) is 19.1 Å². The molecular formula is C49H49N9O6. The van der Waals surface area contributed by atoms with Gasteiger partial charge in [-0.25, -0.2) is 19.6 Å². The lowest BCUT2D eigenvalue weighted by Gasteiger charge is -2.34. The number of nitrogens with one attached hydrogen (secondary N) is 4. The van der Waals surface area contributed by atoms with Gasteiger partial charge in [0.25, 0.3) is 0 Å². The van der Waals surface area contributed by atoms with Crippen molar-refractivity contribution < 1.29 is 28.7 Å². The second-order valence-electron chi connectivity index (χ2n) is 17.4. The summed E-state index contributed by atoms with van der Waals surface area (Å²) in [5, 5.41) is 9.83. The Morgan fingerprint density at radius 1 is 0.797 bits per heavy atom. The Morgan fingerprint density at radius 2 is 1.47 bits per heavy atom. The van der Waals surface area contributed by atoms with E-state index in [4.69, 9.17) is 14.7 Å². The monoisotopic (exact) mass is 859 g/mol. The minimum atomic E-state index is -0.835. The highest BCUT2D eigenvalue weighted by molar-refractivity contribution is 6.07. The molecule has 1 saturated carbocycles. The van der Waals surface area contributed by atoms with Crippen molar-refractivity contribution in [2.45, 2.75) is 56.3 Å². The molecule has 4 N–H and O–H groups in total. The van der Waals surface area contributed by atoms with Crippen molar-refractivity contribution in [2.24, 2.45) is 5.92 Å². The third-order valence-corrected chi connectivity index (χ3v) is 13.8. The SMILES string of the molecule is COC(=O)NCC(=O)N1[C@@H]2CC[C@@H](C2)[C@H]1c1nc2ccc3cc(-c4ccc5c(ccc6nc([C@@H]7CCCN7C(=O)[C@H](NC(=O)N7CCOCC7)c7ccccc7)[nH]c65)c4)ccc3c2[nH]1. The molecule has 0 spiro atoms. The zero-order valence-electron chi connectivity index (χ0n) is 35.5. The molecule has 4 fully saturated rings. The van der Waals surface area contributed by atoms with Gasteiger partial charge in [-0.1, -0.05) is 66.7 Å². The quantitative estimate of drug-likeness (QED) is 0.123. The van der Waals surface area contributed by atoms with Crippen LogP contribution in [0.3, 0.4) is 0 Å². The van der Waals surface area contributed by atoms with Crippen molar-refractivity contribution in [3.8, 4) is 11.1 Å². The maximum Gasteiger partial charge on any atom is 0.407 e. The molecule has 5 amide bonds. The van der Waals surface area contributed by atoms with Gasteiger partial charge in [-0.3, -0.25) is 9.59 Å². The molecule has 15 nitrogen and oxygen atoms in total. The summed E-state index contributed by atoms with van der Waals surface area (Å²) < 4.78 is 10.1. The van der Waals surface area contributed by atoms with E-state index in [1.807, 2.05) is 52.3 Å². The zero-order chi connectivity index (χ0) is 43.5. The van der Waals surface area contributed by atoms with E-state index in [9.17, 15) is 19.2 Å². The van der Waals surface area contributed by atoms with Crippen molar-refractivity contribution in [2.75, 3.05) is 46.5 Å². The number of benzene rings is 5. The second kappa shape index (κ2) is 16.3. The van der Waals surface area contributed by atoms with Gasteiger partial charge in [0.05, 0.1) is 54.5 Å². The van der Waals surface area contributed by atoms with Crippen molar-refractivity contribution in [1.29, 1.82) is 0 Å². The zero-order valence-corrected chi connectivity index (χ0v) is 35.5. The molecule has 0 radical (unpaired) electrons. The molecule has 5 atom stereocenters. The number of rotatable bonds is 8. The Bertz CT molecular complexity index is 2960. The van der Waals surface area contributed by atoms with Gasteiger partial charge in [0, 0.05) is 36.4 Å². The number of carbonyl (C=O) groups is 4. The van der Waals surface area contributed by atoms with Crippen LogP contribution in [0.5, 0.6) is 0 Å². The average molecular weight is 860 g/mol. The Kier molecular flexibility index (Phi) is 10.1. The van der Waals surface area contributed by atoms with Gasteiger partial charge in [-0.05, 0) is 89.8 Å². The number of morpholine rings is 1. The first-order chi connectivity index (χ1) is 31.3. The minimum absolute atomic E-state index is 0.113. The van der Waals surface area contributed by atoms with E-state index in [0.717, 1.165) is 104 Å². The summed E-state index contributed by atoms with van der Waals surface area (Å²) in [5.74, 6) is 1.55. The number of nitrogens with zero attached hydrogens (tertiary/aromatic N) is 5. The Morgan fingerprint density at radius 3 is 2.16 bits per heavy atom. The number of imidazole rings is 2. The van der Waals surface area contributed by atoms with Crippen LogP contribution >= 0.6 is 0 Å². The van der Waals surface area contributed by atoms with Gasteiger partial charge >= 0.3 is 12.1 Å². The van der Waals surface area contributed by atoms with Gasteiger partial charge in [-0.2, -0.15) is 0 Å². The molecule has 0 unspecified atom stereocenters. The number of H-pyrrole nitrogens is 2. The van der Waals surface area contributed by atoms with E-state index in [1.54, 1.807) is 4.90 Å². The molecule has 7 aromatic rings. The maximum absolute atomic E-state index is 14.4. The maximum atomic E-state index is 14.4. The van der Waals surface area contributed by atoms with Crippen LogP contribution in [0.1, 0.15) is 67.4 Å². The number of alkyl carbamates (subject to hydrolysis) is 1. The lowest BCUT2D eigenvalue weighted by Crippen LogP contribution is -2.50. The number of urea groups is 1.